The van der Waals surface area contributed by atoms with Gasteiger partial charge < -0.3 is 14.8 Å². The summed E-state index contributed by atoms with van der Waals surface area (Å²) in [5.74, 6) is 2.43. The molecule has 0 spiro atoms. The van der Waals surface area contributed by atoms with Gasteiger partial charge in [-0.15, -0.1) is 0 Å². The van der Waals surface area contributed by atoms with Crippen LogP contribution in [-0.2, 0) is 0 Å². The predicted molar refractivity (Wildman–Crippen MR) is 87.1 cm³/mol. The predicted octanol–water partition coefficient (Wildman–Crippen LogP) is 4.18. The molecule has 1 saturated carbocycles. The molecule has 0 aliphatic heterocycles. The van der Waals surface area contributed by atoms with E-state index >= 15 is 0 Å². The van der Waals surface area contributed by atoms with Crippen LogP contribution in [0.3, 0.4) is 0 Å². The van der Waals surface area contributed by atoms with Gasteiger partial charge in [0.25, 0.3) is 0 Å². The molecule has 3 atom stereocenters. The summed E-state index contributed by atoms with van der Waals surface area (Å²) in [6.45, 7) is 9.29. The summed E-state index contributed by atoms with van der Waals surface area (Å²) in [5, 5.41) is 3.79. The number of hydrogen-bond acceptors (Lipinski definition) is 3. The van der Waals surface area contributed by atoms with E-state index in [0.717, 1.165) is 11.5 Å². The van der Waals surface area contributed by atoms with Crippen molar-refractivity contribution in [3.8, 4) is 11.5 Å². The van der Waals surface area contributed by atoms with E-state index in [0.29, 0.717) is 17.4 Å². The van der Waals surface area contributed by atoms with Gasteiger partial charge in [0.05, 0.1) is 14.2 Å². The Labute approximate surface area is 129 Å². The smallest absolute Gasteiger partial charge is 0.127 e. The first-order valence-electron chi connectivity index (χ1n) is 7.84. The molecule has 1 aliphatic rings. The normalized spacial score (nSPS) is 25.6. The molecule has 1 aliphatic carbocycles. The van der Waals surface area contributed by atoms with Gasteiger partial charge in [-0.1, -0.05) is 26.8 Å². The summed E-state index contributed by atoms with van der Waals surface area (Å²) in [7, 11) is 3.39. The Hall–Kier alpha value is -1.22. The van der Waals surface area contributed by atoms with Crippen LogP contribution in [0.5, 0.6) is 11.5 Å². The monoisotopic (exact) mass is 291 g/mol. The van der Waals surface area contributed by atoms with Gasteiger partial charge >= 0.3 is 0 Å². The summed E-state index contributed by atoms with van der Waals surface area (Å²) >= 11 is 0. The largest absolute Gasteiger partial charge is 0.497 e. The van der Waals surface area contributed by atoms with Crippen LogP contribution in [0.15, 0.2) is 18.2 Å². The molecule has 2 rings (SSSR count). The molecule has 0 amide bonds. The Kier molecular flexibility index (Phi) is 4.82. The molecule has 1 fully saturated rings. The van der Waals surface area contributed by atoms with Crippen LogP contribution in [0.25, 0.3) is 0 Å². The summed E-state index contributed by atoms with van der Waals surface area (Å²) in [6, 6.07) is 6.89. The molecule has 1 aromatic rings. The molecular weight excluding hydrogens is 262 g/mol. The van der Waals surface area contributed by atoms with Gasteiger partial charge in [-0.2, -0.15) is 0 Å². The second-order valence-electron chi connectivity index (χ2n) is 7.15. The van der Waals surface area contributed by atoms with Gasteiger partial charge in [0, 0.05) is 23.7 Å². The second-order valence-corrected chi connectivity index (χ2v) is 7.15. The van der Waals surface area contributed by atoms with Crippen molar-refractivity contribution in [3.05, 3.63) is 23.8 Å². The van der Waals surface area contributed by atoms with Crippen molar-refractivity contribution in [2.45, 2.75) is 52.6 Å². The lowest BCUT2D eigenvalue weighted by Crippen LogP contribution is -2.34. The van der Waals surface area contributed by atoms with E-state index < -0.39 is 0 Å². The summed E-state index contributed by atoms with van der Waals surface area (Å²) < 4.78 is 10.8. The molecule has 3 nitrogen and oxygen atoms in total. The Balaban J connectivity index is 2.12. The van der Waals surface area contributed by atoms with Crippen molar-refractivity contribution >= 4 is 0 Å². The van der Waals surface area contributed by atoms with E-state index in [1.165, 1.54) is 18.4 Å². The molecule has 0 heterocycles. The van der Waals surface area contributed by atoms with Crippen molar-refractivity contribution < 1.29 is 9.47 Å². The standard InChI is InChI=1S/C18H29NO2/c1-12-10-18(3,4)11-16(12)19-13(2)15-8-7-14(20-5)9-17(15)21-6/h7-9,12-13,16,19H,10-11H2,1-6H3. The van der Waals surface area contributed by atoms with Gasteiger partial charge in [-0.05, 0) is 37.2 Å². The van der Waals surface area contributed by atoms with Crippen LogP contribution in [0.2, 0.25) is 0 Å². The van der Waals surface area contributed by atoms with Gasteiger partial charge in [0.2, 0.25) is 0 Å². The Morgan fingerprint density at radius 3 is 2.43 bits per heavy atom. The molecule has 0 radical (unpaired) electrons. The van der Waals surface area contributed by atoms with Crippen LogP contribution in [0.1, 0.15) is 52.1 Å². The number of ether oxygens (including phenoxy) is 2. The average molecular weight is 291 g/mol. The zero-order valence-electron chi connectivity index (χ0n) is 14.2. The fraction of sp³-hybridized carbons (Fsp3) is 0.667. The third-order valence-electron chi connectivity index (χ3n) is 4.71. The fourth-order valence-corrected chi connectivity index (χ4v) is 3.70. The molecule has 21 heavy (non-hydrogen) atoms. The van der Waals surface area contributed by atoms with E-state index in [1.807, 2.05) is 12.1 Å². The van der Waals surface area contributed by atoms with Gasteiger partial charge in [-0.3, -0.25) is 0 Å². The molecule has 0 saturated heterocycles. The van der Waals surface area contributed by atoms with E-state index in [9.17, 15) is 0 Å². The highest BCUT2D eigenvalue weighted by Crippen LogP contribution is 2.42. The lowest BCUT2D eigenvalue weighted by atomic mass is 9.91. The molecule has 1 N–H and O–H groups in total. The van der Waals surface area contributed by atoms with Crippen LogP contribution in [-0.4, -0.2) is 20.3 Å². The number of methoxy groups -OCH3 is 2. The first-order valence-corrected chi connectivity index (χ1v) is 7.84. The van der Waals surface area contributed by atoms with Crippen molar-refractivity contribution in [1.82, 2.24) is 5.32 Å². The molecular formula is C18H29NO2. The lowest BCUT2D eigenvalue weighted by molar-refractivity contribution is 0.350. The van der Waals surface area contributed by atoms with E-state index in [-0.39, 0.29) is 6.04 Å². The lowest BCUT2D eigenvalue weighted by Gasteiger charge is -2.25. The third kappa shape index (κ3) is 3.70. The van der Waals surface area contributed by atoms with Crippen LogP contribution in [0, 0.1) is 11.3 Å². The number of benzene rings is 1. The molecule has 3 unspecified atom stereocenters. The van der Waals surface area contributed by atoms with Crippen LogP contribution >= 0.6 is 0 Å². The van der Waals surface area contributed by atoms with E-state index in [2.05, 4.69) is 39.1 Å². The first-order chi connectivity index (χ1) is 9.86. The SMILES string of the molecule is COc1ccc(C(C)NC2CC(C)(C)CC2C)c(OC)c1. The fourth-order valence-electron chi connectivity index (χ4n) is 3.70. The molecule has 0 aromatic heterocycles. The van der Waals surface area contributed by atoms with Crippen LogP contribution in [0.4, 0.5) is 0 Å². The summed E-state index contributed by atoms with van der Waals surface area (Å²) in [6.07, 6.45) is 2.52. The van der Waals surface area contributed by atoms with Crippen LogP contribution < -0.4 is 14.8 Å². The number of rotatable bonds is 5. The van der Waals surface area contributed by atoms with Gasteiger partial charge in [0.15, 0.2) is 0 Å². The first kappa shape index (κ1) is 16.2. The average Bonchev–Trinajstić information content (AvgIpc) is 2.70. The van der Waals surface area contributed by atoms with Gasteiger partial charge in [0.1, 0.15) is 11.5 Å². The minimum absolute atomic E-state index is 0.271. The van der Waals surface area contributed by atoms with Crippen molar-refractivity contribution in [3.63, 3.8) is 0 Å². The second kappa shape index (κ2) is 6.27. The molecule has 118 valence electrons. The van der Waals surface area contributed by atoms with E-state index in [4.69, 9.17) is 9.47 Å². The highest BCUT2D eigenvalue weighted by Gasteiger charge is 2.37. The maximum absolute atomic E-state index is 5.52. The molecule has 0 bridgehead atoms. The number of hydrogen-bond donors (Lipinski definition) is 1. The molecule has 3 heteroatoms. The molecule has 1 aromatic carbocycles. The highest BCUT2D eigenvalue weighted by molar-refractivity contribution is 5.42. The van der Waals surface area contributed by atoms with E-state index in [1.54, 1.807) is 14.2 Å². The topological polar surface area (TPSA) is 30.5 Å². The summed E-state index contributed by atoms with van der Waals surface area (Å²) in [4.78, 5) is 0. The zero-order chi connectivity index (χ0) is 15.6. The maximum Gasteiger partial charge on any atom is 0.127 e. The quantitative estimate of drug-likeness (QED) is 0.883. The van der Waals surface area contributed by atoms with Gasteiger partial charge in [-0.25, -0.2) is 0 Å². The zero-order valence-corrected chi connectivity index (χ0v) is 14.2. The Morgan fingerprint density at radius 2 is 1.90 bits per heavy atom. The maximum atomic E-state index is 5.52. The summed E-state index contributed by atoms with van der Waals surface area (Å²) in [5.41, 5.74) is 1.64. The van der Waals surface area contributed by atoms with Crippen molar-refractivity contribution in [1.29, 1.82) is 0 Å². The Morgan fingerprint density at radius 1 is 1.19 bits per heavy atom. The van der Waals surface area contributed by atoms with Crippen molar-refractivity contribution in [2.24, 2.45) is 11.3 Å². The highest BCUT2D eigenvalue weighted by atomic mass is 16.5. The third-order valence-corrected chi connectivity index (χ3v) is 4.71. The number of nitrogens with one attached hydrogen (secondary N) is 1. The Bertz CT molecular complexity index is 484. The van der Waals surface area contributed by atoms with Crippen molar-refractivity contribution in [2.75, 3.05) is 14.2 Å². The minimum atomic E-state index is 0.271. The minimum Gasteiger partial charge on any atom is -0.497 e.